The topological polar surface area (TPSA) is 86.8 Å². The second-order valence-electron chi connectivity index (χ2n) is 7.89. The highest BCUT2D eigenvalue weighted by molar-refractivity contribution is 14.1. The van der Waals surface area contributed by atoms with Gasteiger partial charge in [-0.15, -0.1) is 0 Å². The Morgan fingerprint density at radius 2 is 1.64 bits per heavy atom. The van der Waals surface area contributed by atoms with Crippen LogP contribution in [-0.4, -0.2) is 50.0 Å². The van der Waals surface area contributed by atoms with Gasteiger partial charge in [0.25, 0.3) is 0 Å². The van der Waals surface area contributed by atoms with Gasteiger partial charge in [-0.25, -0.2) is 12.8 Å². The molecule has 0 aromatic heterocycles. The number of carbonyl (C=O) groups is 2. The maximum atomic E-state index is 13.4. The number of nitrogens with one attached hydrogen (secondary N) is 1. The standard InChI is InChI=1S/C23H29FIN3O4S/c1-5-16(2)26-23(30)17(3)27(14-18-6-8-19(24)9-7-18)22(29)15-28(33(4,31)32)21-12-10-20(25)11-13-21/h6-13,16-17H,5,14-15H2,1-4H3,(H,26,30)/t16-,17-/m1/s1. The fraction of sp³-hybridized carbons (Fsp3) is 0.391. The second kappa shape index (κ2) is 11.8. The van der Waals surface area contributed by atoms with Crippen molar-refractivity contribution >= 4 is 50.1 Å². The lowest BCUT2D eigenvalue weighted by Crippen LogP contribution is -2.52. The van der Waals surface area contributed by atoms with E-state index in [2.05, 4.69) is 27.9 Å². The van der Waals surface area contributed by atoms with Crippen molar-refractivity contribution in [2.45, 2.75) is 45.8 Å². The molecule has 0 spiro atoms. The van der Waals surface area contributed by atoms with Gasteiger partial charge in [0.05, 0.1) is 11.9 Å². The molecule has 1 N–H and O–H groups in total. The number of rotatable bonds is 10. The maximum absolute atomic E-state index is 13.4. The van der Waals surface area contributed by atoms with Crippen LogP contribution in [0.5, 0.6) is 0 Å². The minimum absolute atomic E-state index is 0.0263. The molecule has 0 aliphatic carbocycles. The van der Waals surface area contributed by atoms with E-state index in [0.717, 1.165) is 20.6 Å². The summed E-state index contributed by atoms with van der Waals surface area (Å²) in [5.74, 6) is -1.31. The maximum Gasteiger partial charge on any atom is 0.244 e. The number of nitrogens with zero attached hydrogens (tertiary/aromatic N) is 2. The van der Waals surface area contributed by atoms with Gasteiger partial charge >= 0.3 is 0 Å². The summed E-state index contributed by atoms with van der Waals surface area (Å²) in [7, 11) is -3.77. The summed E-state index contributed by atoms with van der Waals surface area (Å²) in [6.45, 7) is 4.94. The molecule has 0 bridgehead atoms. The van der Waals surface area contributed by atoms with Gasteiger partial charge in [-0.3, -0.25) is 13.9 Å². The molecule has 0 fully saturated rings. The molecule has 0 aliphatic rings. The van der Waals surface area contributed by atoms with E-state index in [1.807, 2.05) is 13.8 Å². The monoisotopic (exact) mass is 589 g/mol. The van der Waals surface area contributed by atoms with Gasteiger partial charge < -0.3 is 10.2 Å². The molecular formula is C23H29FIN3O4S. The van der Waals surface area contributed by atoms with Crippen molar-refractivity contribution in [2.75, 3.05) is 17.1 Å². The normalized spacial score (nSPS) is 13.2. The smallest absolute Gasteiger partial charge is 0.244 e. The molecule has 0 radical (unpaired) electrons. The number of hydrogen-bond donors (Lipinski definition) is 1. The van der Waals surface area contributed by atoms with E-state index in [1.54, 1.807) is 31.2 Å². The third-order valence-electron chi connectivity index (χ3n) is 5.23. The zero-order chi connectivity index (χ0) is 24.8. The molecular weight excluding hydrogens is 560 g/mol. The lowest BCUT2D eigenvalue weighted by atomic mass is 10.1. The summed E-state index contributed by atoms with van der Waals surface area (Å²) in [6.07, 6.45) is 1.75. The molecule has 0 saturated heterocycles. The Bertz CT molecular complexity index is 1060. The van der Waals surface area contributed by atoms with E-state index >= 15 is 0 Å². The molecule has 2 amide bonds. The third-order valence-corrected chi connectivity index (χ3v) is 7.09. The summed E-state index contributed by atoms with van der Waals surface area (Å²) in [5, 5.41) is 2.86. The van der Waals surface area contributed by atoms with Gasteiger partial charge in [-0.1, -0.05) is 19.1 Å². The SMILES string of the molecule is CC[C@@H](C)NC(=O)[C@@H](C)N(Cc1ccc(F)cc1)C(=O)CN(c1ccc(I)cc1)S(C)(=O)=O. The second-order valence-corrected chi connectivity index (χ2v) is 11.0. The molecule has 33 heavy (non-hydrogen) atoms. The largest absolute Gasteiger partial charge is 0.352 e. The molecule has 7 nitrogen and oxygen atoms in total. The first-order chi connectivity index (χ1) is 15.4. The van der Waals surface area contributed by atoms with Crippen LogP contribution in [0.4, 0.5) is 10.1 Å². The van der Waals surface area contributed by atoms with Crippen LogP contribution >= 0.6 is 22.6 Å². The number of halogens is 2. The lowest BCUT2D eigenvalue weighted by molar-refractivity contribution is -0.139. The molecule has 180 valence electrons. The zero-order valence-electron chi connectivity index (χ0n) is 19.1. The fourth-order valence-corrected chi connectivity index (χ4v) is 4.26. The van der Waals surface area contributed by atoms with Crippen molar-refractivity contribution < 1.29 is 22.4 Å². The van der Waals surface area contributed by atoms with Gasteiger partial charge in [0, 0.05) is 16.2 Å². The Balaban J connectivity index is 2.36. The molecule has 10 heteroatoms. The Labute approximate surface area is 208 Å². The number of sulfonamides is 1. The first-order valence-corrected chi connectivity index (χ1v) is 13.4. The Morgan fingerprint density at radius 3 is 2.15 bits per heavy atom. The summed E-state index contributed by atoms with van der Waals surface area (Å²) in [5.41, 5.74) is 0.970. The first-order valence-electron chi connectivity index (χ1n) is 10.5. The highest BCUT2D eigenvalue weighted by Crippen LogP contribution is 2.20. The van der Waals surface area contributed by atoms with Crippen molar-refractivity contribution in [2.24, 2.45) is 0 Å². The fourth-order valence-electron chi connectivity index (χ4n) is 3.06. The van der Waals surface area contributed by atoms with Crippen LogP contribution in [0.25, 0.3) is 0 Å². The average molecular weight is 589 g/mol. The molecule has 0 saturated carbocycles. The molecule has 0 unspecified atom stereocenters. The van der Waals surface area contributed by atoms with Crippen LogP contribution in [0.3, 0.4) is 0 Å². The first kappa shape index (κ1) is 27.0. The third kappa shape index (κ3) is 7.95. The summed E-state index contributed by atoms with van der Waals surface area (Å²) >= 11 is 2.11. The van der Waals surface area contributed by atoms with Gasteiger partial charge in [-0.2, -0.15) is 0 Å². The number of carbonyl (C=O) groups excluding carboxylic acids is 2. The molecule has 2 rings (SSSR count). The Hall–Kier alpha value is -2.21. The van der Waals surface area contributed by atoms with Crippen LogP contribution in [0, 0.1) is 9.39 Å². The van der Waals surface area contributed by atoms with Crippen molar-refractivity contribution in [1.29, 1.82) is 0 Å². The van der Waals surface area contributed by atoms with Crippen LogP contribution in [0.15, 0.2) is 48.5 Å². The lowest BCUT2D eigenvalue weighted by Gasteiger charge is -2.32. The molecule has 2 aromatic carbocycles. The highest BCUT2D eigenvalue weighted by atomic mass is 127. The molecule has 2 aromatic rings. The summed E-state index contributed by atoms with van der Waals surface area (Å²) in [4.78, 5) is 27.5. The number of hydrogen-bond acceptors (Lipinski definition) is 4. The molecule has 0 aliphatic heterocycles. The summed E-state index contributed by atoms with van der Waals surface area (Å²) < 4.78 is 40.3. The van der Waals surface area contributed by atoms with E-state index < -0.39 is 34.3 Å². The van der Waals surface area contributed by atoms with Crippen molar-refractivity contribution in [1.82, 2.24) is 10.2 Å². The van der Waals surface area contributed by atoms with Crippen molar-refractivity contribution in [3.8, 4) is 0 Å². The van der Waals surface area contributed by atoms with E-state index in [4.69, 9.17) is 0 Å². The van der Waals surface area contributed by atoms with E-state index in [0.29, 0.717) is 11.3 Å². The van der Waals surface area contributed by atoms with Crippen molar-refractivity contribution in [3.63, 3.8) is 0 Å². The quantitative estimate of drug-likeness (QED) is 0.430. The van der Waals surface area contributed by atoms with E-state index in [1.165, 1.54) is 29.2 Å². The van der Waals surface area contributed by atoms with E-state index in [9.17, 15) is 22.4 Å². The van der Waals surface area contributed by atoms with Crippen LogP contribution in [-0.2, 0) is 26.2 Å². The number of amides is 2. The Kier molecular flexibility index (Phi) is 9.65. The Morgan fingerprint density at radius 1 is 1.06 bits per heavy atom. The van der Waals surface area contributed by atoms with Crippen LogP contribution < -0.4 is 9.62 Å². The number of anilines is 1. The summed E-state index contributed by atoms with van der Waals surface area (Å²) in [6, 6.07) is 11.4. The van der Waals surface area contributed by atoms with Gasteiger partial charge in [0.1, 0.15) is 18.4 Å². The van der Waals surface area contributed by atoms with Gasteiger partial charge in [0.15, 0.2) is 0 Å². The average Bonchev–Trinajstić information content (AvgIpc) is 2.76. The predicted octanol–water partition coefficient (Wildman–Crippen LogP) is 3.53. The van der Waals surface area contributed by atoms with E-state index in [-0.39, 0.29) is 18.5 Å². The minimum atomic E-state index is -3.77. The molecule has 2 atom stereocenters. The molecule has 0 heterocycles. The number of benzene rings is 2. The van der Waals surface area contributed by atoms with Crippen LogP contribution in [0.2, 0.25) is 0 Å². The zero-order valence-corrected chi connectivity index (χ0v) is 22.1. The van der Waals surface area contributed by atoms with Gasteiger partial charge in [0.2, 0.25) is 21.8 Å². The van der Waals surface area contributed by atoms with Crippen molar-refractivity contribution in [3.05, 3.63) is 63.5 Å². The van der Waals surface area contributed by atoms with Crippen LogP contribution in [0.1, 0.15) is 32.8 Å². The predicted molar refractivity (Wildman–Crippen MR) is 136 cm³/mol. The van der Waals surface area contributed by atoms with Gasteiger partial charge in [-0.05, 0) is 84.8 Å². The highest BCUT2D eigenvalue weighted by Gasteiger charge is 2.30. The minimum Gasteiger partial charge on any atom is -0.352 e.